The summed E-state index contributed by atoms with van der Waals surface area (Å²) in [4.78, 5) is 16.3. The number of aryl methyl sites for hydroxylation is 4. The van der Waals surface area contributed by atoms with E-state index in [0.717, 1.165) is 48.5 Å². The standard InChI is InChI=1S/C29H31ClN2O3/c1-5-8-21-15-20(16-32-26(6-2)31-24-14-18(3)13-19(4)28(24)32)11-12-25(21)35-17-22-9-7-10-23(27(22)30)29(33)34/h7,9-15H,5-6,8,16-17H2,1-4H3,(H,33,34). The Morgan fingerprint density at radius 1 is 1.09 bits per heavy atom. The second kappa shape index (κ2) is 10.5. The fourth-order valence-electron chi connectivity index (χ4n) is 4.67. The van der Waals surface area contributed by atoms with E-state index in [2.05, 4.69) is 56.5 Å². The Morgan fingerprint density at radius 3 is 2.60 bits per heavy atom. The van der Waals surface area contributed by atoms with Gasteiger partial charge < -0.3 is 14.4 Å². The van der Waals surface area contributed by atoms with Crippen molar-refractivity contribution in [2.24, 2.45) is 0 Å². The summed E-state index contributed by atoms with van der Waals surface area (Å²) < 4.78 is 8.46. The number of aromatic carboxylic acids is 1. The minimum atomic E-state index is -1.04. The predicted octanol–water partition coefficient (Wildman–Crippen LogP) is 7.15. The molecule has 4 aromatic rings. The monoisotopic (exact) mass is 490 g/mol. The Hall–Kier alpha value is -3.31. The van der Waals surface area contributed by atoms with E-state index in [-0.39, 0.29) is 17.2 Å². The van der Waals surface area contributed by atoms with Gasteiger partial charge in [-0.25, -0.2) is 9.78 Å². The lowest BCUT2D eigenvalue weighted by Gasteiger charge is -2.16. The van der Waals surface area contributed by atoms with Crippen molar-refractivity contribution in [2.45, 2.75) is 60.1 Å². The van der Waals surface area contributed by atoms with Gasteiger partial charge in [-0.1, -0.05) is 62.2 Å². The number of benzene rings is 3. The lowest BCUT2D eigenvalue weighted by molar-refractivity contribution is 0.0697. The van der Waals surface area contributed by atoms with Gasteiger partial charge in [-0.15, -0.1) is 0 Å². The summed E-state index contributed by atoms with van der Waals surface area (Å²) in [6.07, 6.45) is 2.74. The lowest BCUT2D eigenvalue weighted by atomic mass is 10.0. The Balaban J connectivity index is 1.63. The SMILES string of the molecule is CCCc1cc(Cn2c(CC)nc3cc(C)cc(C)c32)ccc1OCc1cccc(C(=O)O)c1Cl. The van der Waals surface area contributed by atoms with E-state index in [9.17, 15) is 9.90 Å². The maximum absolute atomic E-state index is 11.4. The molecule has 5 nitrogen and oxygen atoms in total. The summed E-state index contributed by atoms with van der Waals surface area (Å²) in [6.45, 7) is 9.50. The molecule has 0 aliphatic heterocycles. The van der Waals surface area contributed by atoms with Gasteiger partial charge in [0.05, 0.1) is 21.6 Å². The van der Waals surface area contributed by atoms with Crippen molar-refractivity contribution in [3.05, 3.63) is 92.8 Å². The zero-order valence-electron chi connectivity index (χ0n) is 20.7. The summed E-state index contributed by atoms with van der Waals surface area (Å²) in [5.41, 5.74) is 7.77. The summed E-state index contributed by atoms with van der Waals surface area (Å²) >= 11 is 6.30. The van der Waals surface area contributed by atoms with Crippen LogP contribution < -0.4 is 4.74 Å². The minimum absolute atomic E-state index is 0.0849. The number of carboxylic acids is 1. The Labute approximate surface area is 211 Å². The average molecular weight is 491 g/mol. The highest BCUT2D eigenvalue weighted by Gasteiger charge is 2.15. The van der Waals surface area contributed by atoms with Crippen LogP contribution in [0.4, 0.5) is 0 Å². The van der Waals surface area contributed by atoms with Gasteiger partial charge in [-0.05, 0) is 60.7 Å². The molecule has 4 rings (SSSR count). The molecule has 1 N–H and O–H groups in total. The highest BCUT2D eigenvalue weighted by atomic mass is 35.5. The summed E-state index contributed by atoms with van der Waals surface area (Å²) in [7, 11) is 0. The number of fused-ring (bicyclic) bond motifs is 1. The van der Waals surface area contributed by atoms with Crippen LogP contribution in [0.2, 0.25) is 5.02 Å². The van der Waals surface area contributed by atoms with E-state index in [4.69, 9.17) is 21.3 Å². The molecule has 0 saturated carbocycles. The molecule has 0 bridgehead atoms. The van der Waals surface area contributed by atoms with E-state index >= 15 is 0 Å². The first kappa shape index (κ1) is 24.8. The zero-order valence-corrected chi connectivity index (χ0v) is 21.4. The molecular weight excluding hydrogens is 460 g/mol. The third kappa shape index (κ3) is 5.20. The molecule has 0 unspecified atom stereocenters. The van der Waals surface area contributed by atoms with Gasteiger partial charge >= 0.3 is 5.97 Å². The summed E-state index contributed by atoms with van der Waals surface area (Å²) in [5.74, 6) is 0.834. The van der Waals surface area contributed by atoms with Crippen LogP contribution in [0.3, 0.4) is 0 Å². The number of rotatable bonds is 9. The van der Waals surface area contributed by atoms with Gasteiger partial charge in [0, 0.05) is 18.5 Å². The van der Waals surface area contributed by atoms with Crippen LogP contribution in [-0.4, -0.2) is 20.6 Å². The van der Waals surface area contributed by atoms with Crippen LogP contribution in [0.15, 0.2) is 48.5 Å². The number of carboxylic acid groups (broad SMARTS) is 1. The van der Waals surface area contributed by atoms with Crippen molar-refractivity contribution in [1.29, 1.82) is 0 Å². The quantitative estimate of drug-likeness (QED) is 0.270. The van der Waals surface area contributed by atoms with Crippen molar-refractivity contribution in [1.82, 2.24) is 9.55 Å². The number of hydrogen-bond acceptors (Lipinski definition) is 3. The molecule has 6 heteroatoms. The molecule has 0 aliphatic rings. The Morgan fingerprint density at radius 2 is 1.89 bits per heavy atom. The molecule has 0 fully saturated rings. The Bertz CT molecular complexity index is 1390. The van der Waals surface area contributed by atoms with Crippen molar-refractivity contribution < 1.29 is 14.6 Å². The van der Waals surface area contributed by atoms with E-state index < -0.39 is 5.97 Å². The van der Waals surface area contributed by atoms with Gasteiger partial charge in [0.1, 0.15) is 18.2 Å². The molecule has 0 saturated heterocycles. The lowest BCUT2D eigenvalue weighted by Crippen LogP contribution is -2.07. The molecule has 0 atom stereocenters. The van der Waals surface area contributed by atoms with Gasteiger partial charge in [0.2, 0.25) is 0 Å². The first-order valence-corrected chi connectivity index (χ1v) is 12.4. The molecule has 3 aromatic carbocycles. The van der Waals surface area contributed by atoms with E-state index in [1.54, 1.807) is 12.1 Å². The van der Waals surface area contributed by atoms with Gasteiger partial charge in [0.15, 0.2) is 0 Å². The van der Waals surface area contributed by atoms with Crippen molar-refractivity contribution in [3.63, 3.8) is 0 Å². The van der Waals surface area contributed by atoms with Crippen molar-refractivity contribution in [3.8, 4) is 5.75 Å². The number of hydrogen-bond donors (Lipinski definition) is 1. The van der Waals surface area contributed by atoms with Crippen molar-refractivity contribution in [2.75, 3.05) is 0 Å². The van der Waals surface area contributed by atoms with Crippen LogP contribution in [0.1, 0.15) is 64.3 Å². The summed E-state index contributed by atoms with van der Waals surface area (Å²) in [5, 5.41) is 9.55. The Kier molecular flexibility index (Phi) is 7.46. The molecule has 1 heterocycles. The van der Waals surface area contributed by atoms with Gasteiger partial charge in [-0.3, -0.25) is 0 Å². The molecule has 182 valence electrons. The predicted molar refractivity (Wildman–Crippen MR) is 141 cm³/mol. The second-order valence-corrected chi connectivity index (χ2v) is 9.36. The van der Waals surface area contributed by atoms with E-state index in [0.29, 0.717) is 5.56 Å². The van der Waals surface area contributed by atoms with Gasteiger partial charge in [-0.2, -0.15) is 0 Å². The van der Waals surface area contributed by atoms with E-state index in [1.807, 2.05) is 6.07 Å². The number of ether oxygens (including phenoxy) is 1. The van der Waals surface area contributed by atoms with Crippen LogP contribution in [0.5, 0.6) is 5.75 Å². The smallest absolute Gasteiger partial charge is 0.337 e. The first-order valence-electron chi connectivity index (χ1n) is 12.0. The number of aromatic nitrogens is 2. The largest absolute Gasteiger partial charge is 0.489 e. The number of halogens is 1. The number of nitrogens with zero attached hydrogens (tertiary/aromatic N) is 2. The molecule has 35 heavy (non-hydrogen) atoms. The topological polar surface area (TPSA) is 64.4 Å². The normalized spacial score (nSPS) is 11.2. The number of imidazole rings is 1. The molecule has 0 aliphatic carbocycles. The number of carbonyl (C=O) groups is 1. The van der Waals surface area contributed by atoms with Crippen LogP contribution in [0, 0.1) is 13.8 Å². The fourth-order valence-corrected chi connectivity index (χ4v) is 4.94. The van der Waals surface area contributed by atoms with Crippen molar-refractivity contribution >= 4 is 28.6 Å². The van der Waals surface area contributed by atoms with Crippen LogP contribution in [0.25, 0.3) is 11.0 Å². The average Bonchev–Trinajstić information content (AvgIpc) is 3.16. The van der Waals surface area contributed by atoms with Crippen LogP contribution in [-0.2, 0) is 26.0 Å². The first-order chi connectivity index (χ1) is 16.8. The highest BCUT2D eigenvalue weighted by molar-refractivity contribution is 6.34. The zero-order chi connectivity index (χ0) is 25.1. The van der Waals surface area contributed by atoms with Crippen LogP contribution >= 0.6 is 11.6 Å². The van der Waals surface area contributed by atoms with Gasteiger partial charge in [0.25, 0.3) is 0 Å². The third-order valence-corrected chi connectivity index (χ3v) is 6.70. The summed E-state index contributed by atoms with van der Waals surface area (Å²) in [6, 6.07) is 15.7. The maximum Gasteiger partial charge on any atom is 0.337 e. The maximum atomic E-state index is 11.4. The third-order valence-electron chi connectivity index (χ3n) is 6.25. The molecular formula is C29H31ClN2O3. The second-order valence-electron chi connectivity index (χ2n) is 8.98. The molecule has 1 aromatic heterocycles. The minimum Gasteiger partial charge on any atom is -0.489 e. The molecule has 0 amide bonds. The molecule has 0 spiro atoms. The van der Waals surface area contributed by atoms with E-state index in [1.165, 1.54) is 28.3 Å². The molecule has 0 radical (unpaired) electrons. The highest BCUT2D eigenvalue weighted by Crippen LogP contribution is 2.28. The fraction of sp³-hybridized carbons (Fsp3) is 0.310.